The SMILES string of the molecule is CN1CCN(c2ncc(-c3ccc4c(C=O)c(O)ccc4c3)s2)CC1. The number of fused-ring (bicyclic) bond motifs is 1. The van der Waals surface area contributed by atoms with Gasteiger partial charge in [0.2, 0.25) is 0 Å². The summed E-state index contributed by atoms with van der Waals surface area (Å²) in [6, 6.07) is 9.32. The van der Waals surface area contributed by atoms with Gasteiger partial charge >= 0.3 is 0 Å². The van der Waals surface area contributed by atoms with Gasteiger partial charge in [-0.1, -0.05) is 29.5 Å². The molecular weight excluding hydrogens is 334 g/mol. The van der Waals surface area contributed by atoms with Crippen LogP contribution in [0.5, 0.6) is 5.75 Å². The standard InChI is InChI=1S/C19H19N3O2S/c1-21-6-8-22(9-7-21)19-20-11-18(25-19)14-2-4-15-13(10-14)3-5-17(24)16(15)12-23/h2-5,10-12,24H,6-9H2,1H3. The zero-order chi connectivity index (χ0) is 17.4. The van der Waals surface area contributed by atoms with E-state index in [-0.39, 0.29) is 5.75 Å². The highest BCUT2D eigenvalue weighted by Crippen LogP contribution is 2.34. The van der Waals surface area contributed by atoms with E-state index < -0.39 is 0 Å². The predicted octanol–water partition coefficient (Wildman–Crippen LogP) is 3.23. The second-order valence-electron chi connectivity index (χ2n) is 6.35. The Hall–Kier alpha value is -2.44. The number of aromatic nitrogens is 1. The number of hydrogen-bond acceptors (Lipinski definition) is 6. The lowest BCUT2D eigenvalue weighted by Crippen LogP contribution is -2.44. The molecule has 2 aromatic carbocycles. The van der Waals surface area contributed by atoms with Crippen LogP contribution in [-0.4, -0.2) is 54.5 Å². The van der Waals surface area contributed by atoms with Crippen LogP contribution in [0, 0.1) is 0 Å². The molecule has 0 amide bonds. The van der Waals surface area contributed by atoms with Crippen molar-refractivity contribution in [3.8, 4) is 16.2 Å². The zero-order valence-corrected chi connectivity index (χ0v) is 14.8. The molecule has 128 valence electrons. The van der Waals surface area contributed by atoms with Gasteiger partial charge in [-0.05, 0) is 35.5 Å². The highest BCUT2D eigenvalue weighted by molar-refractivity contribution is 7.18. The van der Waals surface area contributed by atoms with Crippen LogP contribution in [0.25, 0.3) is 21.2 Å². The molecule has 5 nitrogen and oxygen atoms in total. The first kappa shape index (κ1) is 16.1. The molecule has 0 unspecified atom stereocenters. The molecule has 0 bridgehead atoms. The number of aromatic hydroxyl groups is 1. The first-order valence-corrected chi connectivity index (χ1v) is 9.08. The van der Waals surface area contributed by atoms with Crippen LogP contribution in [0.4, 0.5) is 5.13 Å². The van der Waals surface area contributed by atoms with Crippen molar-refractivity contribution in [2.24, 2.45) is 0 Å². The Morgan fingerprint density at radius 3 is 2.72 bits per heavy atom. The quantitative estimate of drug-likeness (QED) is 0.733. The number of anilines is 1. The Bertz CT molecular complexity index is 930. The fourth-order valence-electron chi connectivity index (χ4n) is 3.16. The number of carbonyl (C=O) groups excluding carboxylic acids is 1. The summed E-state index contributed by atoms with van der Waals surface area (Å²) in [4.78, 5) is 21.6. The second-order valence-corrected chi connectivity index (χ2v) is 7.36. The Labute approximate surface area is 150 Å². The van der Waals surface area contributed by atoms with Crippen molar-refractivity contribution < 1.29 is 9.90 Å². The van der Waals surface area contributed by atoms with Gasteiger partial charge in [-0.2, -0.15) is 0 Å². The van der Waals surface area contributed by atoms with Crippen molar-refractivity contribution in [3.63, 3.8) is 0 Å². The van der Waals surface area contributed by atoms with Crippen molar-refractivity contribution in [3.05, 3.63) is 42.1 Å². The summed E-state index contributed by atoms with van der Waals surface area (Å²) in [6.45, 7) is 4.12. The third-order valence-electron chi connectivity index (χ3n) is 4.71. The molecule has 1 N–H and O–H groups in total. The van der Waals surface area contributed by atoms with E-state index in [0.29, 0.717) is 11.8 Å². The van der Waals surface area contributed by atoms with Crippen LogP contribution in [0.2, 0.25) is 0 Å². The lowest BCUT2D eigenvalue weighted by atomic mass is 10.0. The lowest BCUT2D eigenvalue weighted by molar-refractivity contribution is 0.112. The fraction of sp³-hybridized carbons (Fsp3) is 0.263. The molecule has 1 fully saturated rings. The van der Waals surface area contributed by atoms with Crippen molar-refractivity contribution in [2.45, 2.75) is 0 Å². The molecule has 1 aromatic heterocycles. The van der Waals surface area contributed by atoms with Crippen molar-refractivity contribution in [1.29, 1.82) is 0 Å². The maximum absolute atomic E-state index is 11.2. The molecule has 0 saturated carbocycles. The van der Waals surface area contributed by atoms with E-state index in [0.717, 1.165) is 52.5 Å². The maximum atomic E-state index is 11.2. The Kier molecular flexibility index (Phi) is 4.15. The first-order chi connectivity index (χ1) is 12.2. The molecule has 0 aliphatic carbocycles. The van der Waals surface area contributed by atoms with E-state index in [1.807, 2.05) is 30.5 Å². The number of likely N-dealkylation sites (N-methyl/N-ethyl adjacent to an activating group) is 1. The number of nitrogens with zero attached hydrogens (tertiary/aromatic N) is 3. The summed E-state index contributed by atoms with van der Waals surface area (Å²) in [6.07, 6.45) is 2.62. The molecule has 1 aliphatic rings. The van der Waals surface area contributed by atoms with Gasteiger partial charge < -0.3 is 14.9 Å². The van der Waals surface area contributed by atoms with Crippen LogP contribution < -0.4 is 4.90 Å². The summed E-state index contributed by atoms with van der Waals surface area (Å²) in [5.41, 5.74) is 1.42. The summed E-state index contributed by atoms with van der Waals surface area (Å²) in [5.74, 6) is 0.0189. The summed E-state index contributed by atoms with van der Waals surface area (Å²) >= 11 is 1.69. The van der Waals surface area contributed by atoms with E-state index in [9.17, 15) is 9.90 Å². The molecule has 2 heterocycles. The molecule has 0 radical (unpaired) electrons. The van der Waals surface area contributed by atoms with Crippen LogP contribution in [0.3, 0.4) is 0 Å². The largest absolute Gasteiger partial charge is 0.507 e. The average Bonchev–Trinajstić information content (AvgIpc) is 3.12. The van der Waals surface area contributed by atoms with E-state index in [4.69, 9.17) is 0 Å². The number of hydrogen-bond donors (Lipinski definition) is 1. The molecule has 3 aromatic rings. The topological polar surface area (TPSA) is 56.7 Å². The summed E-state index contributed by atoms with van der Waals surface area (Å²) < 4.78 is 0. The van der Waals surface area contributed by atoms with Crippen LogP contribution in [0.15, 0.2) is 36.5 Å². The third kappa shape index (κ3) is 2.99. The van der Waals surface area contributed by atoms with Gasteiger partial charge in [-0.3, -0.25) is 4.79 Å². The van der Waals surface area contributed by atoms with E-state index in [2.05, 4.69) is 21.8 Å². The zero-order valence-electron chi connectivity index (χ0n) is 14.0. The number of aldehydes is 1. The van der Waals surface area contributed by atoms with E-state index in [1.54, 1.807) is 17.4 Å². The lowest BCUT2D eigenvalue weighted by Gasteiger charge is -2.32. The molecule has 1 aliphatic heterocycles. The number of phenols is 1. The maximum Gasteiger partial charge on any atom is 0.185 e. The highest BCUT2D eigenvalue weighted by atomic mass is 32.1. The van der Waals surface area contributed by atoms with Crippen LogP contribution >= 0.6 is 11.3 Å². The average molecular weight is 353 g/mol. The van der Waals surface area contributed by atoms with Gasteiger partial charge in [-0.15, -0.1) is 0 Å². The minimum Gasteiger partial charge on any atom is -0.507 e. The number of rotatable bonds is 3. The van der Waals surface area contributed by atoms with Gasteiger partial charge in [0.25, 0.3) is 0 Å². The van der Waals surface area contributed by atoms with Crippen molar-refractivity contribution in [2.75, 3.05) is 38.1 Å². The normalized spacial score (nSPS) is 15.6. The first-order valence-electron chi connectivity index (χ1n) is 8.26. The van der Waals surface area contributed by atoms with Crippen molar-refractivity contribution >= 4 is 33.5 Å². The number of benzene rings is 2. The Morgan fingerprint density at radius 2 is 1.96 bits per heavy atom. The second kappa shape index (κ2) is 6.46. The monoisotopic (exact) mass is 353 g/mol. The third-order valence-corrected chi connectivity index (χ3v) is 5.82. The number of thiazole rings is 1. The molecule has 6 heteroatoms. The van der Waals surface area contributed by atoms with E-state index in [1.165, 1.54) is 0 Å². The molecular formula is C19H19N3O2S. The van der Waals surface area contributed by atoms with Crippen molar-refractivity contribution in [1.82, 2.24) is 9.88 Å². The predicted molar refractivity (Wildman–Crippen MR) is 102 cm³/mol. The van der Waals surface area contributed by atoms with Gasteiger partial charge in [0.1, 0.15) is 5.75 Å². The van der Waals surface area contributed by atoms with Gasteiger partial charge in [0.15, 0.2) is 11.4 Å². The van der Waals surface area contributed by atoms with Crippen LogP contribution in [0.1, 0.15) is 10.4 Å². The molecule has 1 saturated heterocycles. The summed E-state index contributed by atoms with van der Waals surface area (Å²) in [7, 11) is 2.14. The molecule has 0 spiro atoms. The molecule has 4 rings (SSSR count). The number of piperazine rings is 1. The number of phenolic OH excluding ortho intramolecular Hbond substituents is 1. The Balaban J connectivity index is 1.66. The van der Waals surface area contributed by atoms with Gasteiger partial charge in [-0.25, -0.2) is 4.98 Å². The van der Waals surface area contributed by atoms with Gasteiger partial charge in [0, 0.05) is 32.4 Å². The van der Waals surface area contributed by atoms with E-state index >= 15 is 0 Å². The number of carbonyl (C=O) groups is 1. The minimum absolute atomic E-state index is 0.0189. The fourth-order valence-corrected chi connectivity index (χ4v) is 4.13. The summed E-state index contributed by atoms with van der Waals surface area (Å²) in [5, 5.41) is 12.6. The molecule has 25 heavy (non-hydrogen) atoms. The highest BCUT2D eigenvalue weighted by Gasteiger charge is 2.17. The Morgan fingerprint density at radius 1 is 1.16 bits per heavy atom. The molecule has 0 atom stereocenters. The smallest absolute Gasteiger partial charge is 0.185 e. The minimum atomic E-state index is 0.0189. The van der Waals surface area contributed by atoms with Crippen LogP contribution in [-0.2, 0) is 0 Å². The van der Waals surface area contributed by atoms with Gasteiger partial charge in [0.05, 0.1) is 10.4 Å².